The first kappa shape index (κ1) is 77.2. The summed E-state index contributed by atoms with van der Waals surface area (Å²) in [5.41, 5.74) is 14.2. The molecule has 100 heavy (non-hydrogen) atoms. The van der Waals surface area contributed by atoms with Gasteiger partial charge < -0.3 is 18.9 Å². The van der Waals surface area contributed by atoms with Crippen LogP contribution < -0.4 is 41.7 Å². The Hall–Kier alpha value is -11.8. The van der Waals surface area contributed by atoms with Crippen LogP contribution in [0.25, 0.3) is 28.8 Å². The Labute approximate surface area is 583 Å². The Balaban J connectivity index is 0.000000207. The van der Waals surface area contributed by atoms with E-state index in [1.165, 1.54) is 55.9 Å². The molecule has 0 N–H and O–H groups in total. The van der Waals surface area contributed by atoms with Crippen molar-refractivity contribution in [2.45, 2.75) is 123 Å². The van der Waals surface area contributed by atoms with Gasteiger partial charge in [-0.3, -0.25) is 0 Å². The molecule has 0 atom stereocenters. The van der Waals surface area contributed by atoms with Gasteiger partial charge in [-0.25, -0.2) is 19.2 Å². The average molecular weight is 1360 g/mol. The molecule has 24 heteroatoms. The van der Waals surface area contributed by atoms with Crippen molar-refractivity contribution < 1.29 is 18.9 Å². The summed E-state index contributed by atoms with van der Waals surface area (Å²) in [6, 6.07) is 54.7. The summed E-state index contributed by atoms with van der Waals surface area (Å²) in [4.78, 5) is 48.8. The fourth-order valence-corrected chi connectivity index (χ4v) is 10.6. The Morgan fingerprint density at radius 3 is 1.05 bits per heavy atom. The highest BCUT2D eigenvalue weighted by Crippen LogP contribution is 2.43. The zero-order valence-corrected chi connectivity index (χ0v) is 55.4. The minimum Gasteiger partial charge on any atom is -0.489 e. The number of aryl methyl sites for hydroxylation is 10. The number of benzene rings is 8. The van der Waals surface area contributed by atoms with E-state index in [0.717, 1.165) is 96.3 Å². The summed E-state index contributed by atoms with van der Waals surface area (Å²) < 4.78 is 33.8. The molecule has 524 valence electrons. The first-order valence-electron chi connectivity index (χ1n) is 31.2. The van der Waals surface area contributed by atoms with Crippen molar-refractivity contribution in [2.75, 3.05) is 0 Å². The maximum absolute atomic E-state index is 12.3. The third kappa shape index (κ3) is 18.6. The van der Waals surface area contributed by atoms with Crippen LogP contribution in [0.5, 0.6) is 23.0 Å². The van der Waals surface area contributed by atoms with Crippen LogP contribution in [0.3, 0.4) is 0 Å². The topological polar surface area (TPSA) is 248 Å². The summed E-state index contributed by atoms with van der Waals surface area (Å²) in [6.07, 6.45) is 4.93. The molecule has 0 radical (unpaired) electrons. The van der Waals surface area contributed by atoms with Crippen molar-refractivity contribution in [3.8, 4) is 45.7 Å². The van der Waals surface area contributed by atoms with Gasteiger partial charge in [-0.15, -0.1) is 0 Å². The molecule has 13 rings (SSSR count). The molecule has 0 aliphatic heterocycles. The average Bonchev–Trinajstić information content (AvgIpc) is 1.18. The fourth-order valence-electron chi connectivity index (χ4n) is 10.6. The van der Waals surface area contributed by atoms with Gasteiger partial charge in [0.25, 0.3) is 0 Å². The number of hydrogen-bond donors (Lipinski definition) is 0. The van der Waals surface area contributed by atoms with E-state index in [1.807, 2.05) is 198 Å². The minimum atomic E-state index is -0.312. The first-order valence-corrected chi connectivity index (χ1v) is 31.2. The largest absolute Gasteiger partial charge is 0.489 e. The normalized spacial score (nSPS) is 11.1. The number of rotatable bonds is 19. The summed E-state index contributed by atoms with van der Waals surface area (Å²) >= 11 is 0. The summed E-state index contributed by atoms with van der Waals surface area (Å²) in [7, 11) is 6.31. The van der Waals surface area contributed by atoms with Gasteiger partial charge >= 0.3 is 22.8 Å². The molecule has 1 aliphatic rings. The van der Waals surface area contributed by atoms with Gasteiger partial charge in [-0.2, -0.15) is 37.5 Å². The zero-order valence-electron chi connectivity index (χ0n) is 55.4. The zero-order chi connectivity index (χ0) is 68.0. The van der Waals surface area contributed by atoms with Crippen molar-refractivity contribution in [3.05, 3.63) is 285 Å². The molecule has 0 bridgehead atoms. The number of ether oxygens (including phenoxy) is 4. The molecule has 8 aromatic carbocycles. The van der Waals surface area contributed by atoms with Crippen molar-refractivity contribution in [1.29, 1.82) is 0 Å². The second-order valence-corrected chi connectivity index (χ2v) is 23.1. The first-order chi connectivity index (χ1) is 46.4. The van der Waals surface area contributed by atoms with Crippen LogP contribution >= 0.6 is 0 Å². The van der Waals surface area contributed by atoms with Crippen molar-refractivity contribution >= 4 is 6.08 Å². The molecule has 12 aromatic rings. The highest BCUT2D eigenvalue weighted by Gasteiger charge is 2.28. The number of nitrogens with zero attached hydrogens (tertiary/aromatic N) is 16. The van der Waals surface area contributed by atoms with E-state index in [9.17, 15) is 19.2 Å². The number of tetrazole rings is 4. The third-order valence-corrected chi connectivity index (χ3v) is 15.9. The monoisotopic (exact) mass is 1360 g/mol. The summed E-state index contributed by atoms with van der Waals surface area (Å²) in [6.45, 7) is 17.4. The molecule has 1 fully saturated rings. The predicted octanol–water partition coefficient (Wildman–Crippen LogP) is 12.3. The second-order valence-electron chi connectivity index (χ2n) is 23.1. The second kappa shape index (κ2) is 35.4. The van der Waals surface area contributed by atoms with E-state index in [-0.39, 0.29) is 52.5 Å². The fraction of sp³-hybridized carbons (Fsp3) is 0.289. The maximum Gasteiger partial charge on any atom is 0.368 e. The van der Waals surface area contributed by atoms with E-state index in [0.29, 0.717) is 49.4 Å². The highest BCUT2D eigenvalue weighted by molar-refractivity contribution is 5.59. The number of aromatic nitrogens is 16. The van der Waals surface area contributed by atoms with Crippen LogP contribution in [0.4, 0.5) is 0 Å². The molecule has 0 saturated heterocycles. The molecular weight excluding hydrogens is 1260 g/mol. The molecular formula is C76H92N16O8. The van der Waals surface area contributed by atoms with Gasteiger partial charge in [0.2, 0.25) is 0 Å². The summed E-state index contributed by atoms with van der Waals surface area (Å²) in [5, 5.41) is 31.0. The lowest BCUT2D eigenvalue weighted by molar-refractivity contribution is 0.304. The van der Waals surface area contributed by atoms with E-state index >= 15 is 0 Å². The Kier molecular flexibility index (Phi) is 27.4. The van der Waals surface area contributed by atoms with Crippen molar-refractivity contribution in [2.24, 2.45) is 28.2 Å². The molecule has 1 aliphatic carbocycles. The molecule has 24 nitrogen and oxygen atoms in total. The lowest BCUT2D eigenvalue weighted by Gasteiger charge is -2.15. The van der Waals surface area contributed by atoms with Crippen LogP contribution in [0.1, 0.15) is 122 Å². The molecule has 0 unspecified atom stereocenters. The van der Waals surface area contributed by atoms with Gasteiger partial charge in [0, 0.05) is 50.4 Å². The van der Waals surface area contributed by atoms with Gasteiger partial charge in [0.15, 0.2) is 0 Å². The van der Waals surface area contributed by atoms with E-state index in [1.54, 1.807) is 34.3 Å². The van der Waals surface area contributed by atoms with Crippen molar-refractivity contribution in [3.63, 3.8) is 0 Å². The lowest BCUT2D eigenvalue weighted by atomic mass is 10.0. The van der Waals surface area contributed by atoms with Crippen LogP contribution in [-0.4, -0.2) is 79.2 Å². The Morgan fingerprint density at radius 1 is 0.390 bits per heavy atom. The quantitative estimate of drug-likeness (QED) is 0.0730. The third-order valence-electron chi connectivity index (χ3n) is 15.9. The standard InChI is InChI=1S/C19H20N4O2.C18H20N4O2.C18H18N4O2.C17H18N4O2.4CH4/c1-13-5-3-6-15(11-13)25-12-17-16(14-9-10-14)7-4-8-18(17)23-19(24)22(2)20-21-23;2*1-4-14-8-6-10-17(22-18(23)21(3)19-20-22)16(14)12-24-15-9-5-7-13(2)11-15;1-12-6-4-8-14(10-12)23-11-15-13(2)7-5-9-16(15)21-17(22)20(3)18-19-21;;;;/h3-8,11,14H,9-10,12H2,1-2H3;5-11H,4,12H2,1-3H3;4-11H,1,12H2,2-3H3;4-10H,11H2,1-3H3;4*1H4. The van der Waals surface area contributed by atoms with Crippen LogP contribution in [0.2, 0.25) is 0 Å². The van der Waals surface area contributed by atoms with E-state index in [4.69, 9.17) is 18.9 Å². The SMILES string of the molecule is C.C.C.C.C=Cc1cccc(-n2nnn(C)c2=O)c1COc1cccc(C)c1.CCc1cccc(-n2nnn(C)c2=O)c1COc1cccc(C)c1.Cc1cccc(OCc2c(C)cccc2-n2nnn(C)c2=O)c1.Cc1cccc(OCc2c(C3CC3)cccc2-n2nnn(C)c2=O)c1. The van der Waals surface area contributed by atoms with Crippen LogP contribution in [-0.2, 0) is 61.0 Å². The summed E-state index contributed by atoms with van der Waals surface area (Å²) in [5.74, 6) is 3.74. The molecule has 4 heterocycles. The molecule has 0 amide bonds. The van der Waals surface area contributed by atoms with Gasteiger partial charge in [0.05, 0.1) is 22.7 Å². The predicted molar refractivity (Wildman–Crippen MR) is 392 cm³/mol. The Bertz CT molecular complexity index is 4950. The molecule has 0 spiro atoms. The lowest BCUT2D eigenvalue weighted by Crippen LogP contribution is -2.23. The van der Waals surface area contributed by atoms with Crippen LogP contribution in [0.15, 0.2) is 196 Å². The van der Waals surface area contributed by atoms with Gasteiger partial charge in [-0.05, 0) is 219 Å². The van der Waals surface area contributed by atoms with E-state index in [2.05, 4.69) is 61.3 Å². The van der Waals surface area contributed by atoms with Crippen molar-refractivity contribution in [1.82, 2.24) is 79.2 Å². The van der Waals surface area contributed by atoms with Crippen LogP contribution in [0, 0.1) is 34.6 Å². The number of hydrogen-bond acceptors (Lipinski definition) is 16. The smallest absolute Gasteiger partial charge is 0.368 e. The van der Waals surface area contributed by atoms with E-state index < -0.39 is 0 Å². The Morgan fingerprint density at radius 2 is 0.700 bits per heavy atom. The minimum absolute atomic E-state index is 0. The highest BCUT2D eigenvalue weighted by atomic mass is 16.5. The van der Waals surface area contributed by atoms with Gasteiger partial charge in [-0.1, -0.05) is 146 Å². The van der Waals surface area contributed by atoms with Gasteiger partial charge in [0.1, 0.15) is 49.4 Å². The molecule has 4 aromatic heterocycles. The molecule has 1 saturated carbocycles. The maximum atomic E-state index is 12.3.